The van der Waals surface area contributed by atoms with Crippen LogP contribution in [0.15, 0.2) is 24.3 Å². The van der Waals surface area contributed by atoms with Crippen LogP contribution in [-0.2, 0) is 16.3 Å². The highest BCUT2D eigenvalue weighted by molar-refractivity contribution is 7.90. The number of aryl methyl sites for hydroxylation is 1. The van der Waals surface area contributed by atoms with Gasteiger partial charge in [0.15, 0.2) is 0 Å². The van der Waals surface area contributed by atoms with E-state index in [-0.39, 0.29) is 12.4 Å². The molecule has 0 saturated heterocycles. The summed E-state index contributed by atoms with van der Waals surface area (Å²) in [5.41, 5.74) is 2.71. The van der Waals surface area contributed by atoms with Crippen molar-refractivity contribution < 1.29 is 13.5 Å². The van der Waals surface area contributed by atoms with Crippen molar-refractivity contribution in [2.45, 2.75) is 25.3 Å². The lowest BCUT2D eigenvalue weighted by molar-refractivity contribution is 0.150. The van der Waals surface area contributed by atoms with Crippen molar-refractivity contribution in [3.8, 4) is 0 Å². The van der Waals surface area contributed by atoms with Gasteiger partial charge in [0.1, 0.15) is 9.84 Å². The predicted octanol–water partition coefficient (Wildman–Crippen LogP) is 1.40. The fourth-order valence-corrected chi connectivity index (χ4v) is 3.65. The molecule has 0 fully saturated rings. The van der Waals surface area contributed by atoms with Crippen LogP contribution in [0.3, 0.4) is 0 Å². The monoisotopic (exact) mass is 297 g/mol. The third-order valence-electron chi connectivity index (χ3n) is 3.89. The summed E-state index contributed by atoms with van der Waals surface area (Å²) in [5, 5.41) is 9.24. The van der Waals surface area contributed by atoms with Gasteiger partial charge in [-0.15, -0.1) is 0 Å². The summed E-state index contributed by atoms with van der Waals surface area (Å²) in [5.74, 6) is 0.212. The van der Waals surface area contributed by atoms with Gasteiger partial charge >= 0.3 is 0 Å². The van der Waals surface area contributed by atoms with Crippen LogP contribution < -0.4 is 0 Å². The Morgan fingerprint density at radius 3 is 2.75 bits per heavy atom. The third kappa shape index (κ3) is 4.04. The smallest absolute Gasteiger partial charge is 0.147 e. The van der Waals surface area contributed by atoms with Crippen LogP contribution >= 0.6 is 0 Å². The number of hydrogen-bond donors (Lipinski definition) is 1. The highest BCUT2D eigenvalue weighted by Crippen LogP contribution is 2.35. The number of sulfone groups is 1. The average Bonchev–Trinajstić information content (AvgIpc) is 2.80. The number of hydrogen-bond acceptors (Lipinski definition) is 4. The first-order valence-electron chi connectivity index (χ1n) is 7.11. The van der Waals surface area contributed by atoms with Crippen LogP contribution in [-0.4, -0.2) is 50.1 Å². The van der Waals surface area contributed by atoms with E-state index in [4.69, 9.17) is 0 Å². The van der Waals surface area contributed by atoms with Gasteiger partial charge in [-0.25, -0.2) is 8.42 Å². The molecule has 20 heavy (non-hydrogen) atoms. The summed E-state index contributed by atoms with van der Waals surface area (Å²) < 4.78 is 22.4. The second-order valence-electron chi connectivity index (χ2n) is 5.50. The molecule has 0 saturated carbocycles. The summed E-state index contributed by atoms with van der Waals surface area (Å²) in [6.07, 6.45) is 4.01. The zero-order valence-corrected chi connectivity index (χ0v) is 12.8. The van der Waals surface area contributed by atoms with E-state index < -0.39 is 9.84 Å². The Hall–Kier alpha value is -0.910. The zero-order chi connectivity index (χ0) is 14.6. The van der Waals surface area contributed by atoms with Gasteiger partial charge in [-0.2, -0.15) is 0 Å². The third-order valence-corrected chi connectivity index (χ3v) is 4.92. The molecular formula is C15H23NO3S. The maximum absolute atomic E-state index is 11.2. The lowest BCUT2D eigenvalue weighted by atomic mass is 10.1. The quantitative estimate of drug-likeness (QED) is 0.826. The van der Waals surface area contributed by atoms with Crippen LogP contribution in [0.2, 0.25) is 0 Å². The molecule has 0 aromatic heterocycles. The summed E-state index contributed by atoms with van der Waals surface area (Å²) >= 11 is 0. The largest absolute Gasteiger partial charge is 0.395 e. The van der Waals surface area contributed by atoms with Crippen LogP contribution in [0.25, 0.3) is 0 Å². The standard InChI is InChI=1S/C15H23NO3S/c1-20(18,19)12-4-9-16(10-11-17)15-8-7-13-5-2-3-6-14(13)15/h2-3,5-6,15,17H,4,7-12H2,1H3. The molecule has 112 valence electrons. The van der Waals surface area contributed by atoms with E-state index >= 15 is 0 Å². The van der Waals surface area contributed by atoms with Crippen molar-refractivity contribution >= 4 is 9.84 Å². The van der Waals surface area contributed by atoms with E-state index in [1.54, 1.807) is 0 Å². The Labute approximate surface area is 121 Å². The van der Waals surface area contributed by atoms with Crippen LogP contribution in [0.1, 0.15) is 30.0 Å². The first-order valence-corrected chi connectivity index (χ1v) is 9.18. The molecule has 1 N–H and O–H groups in total. The number of aliphatic hydroxyl groups is 1. The molecule has 5 heteroatoms. The number of fused-ring (bicyclic) bond motifs is 1. The van der Waals surface area contributed by atoms with Gasteiger partial charge in [-0.1, -0.05) is 24.3 Å². The van der Waals surface area contributed by atoms with E-state index in [9.17, 15) is 13.5 Å². The topological polar surface area (TPSA) is 57.6 Å². The number of nitrogens with zero attached hydrogens (tertiary/aromatic N) is 1. The highest BCUT2D eigenvalue weighted by atomic mass is 32.2. The lowest BCUT2D eigenvalue weighted by Gasteiger charge is -2.29. The van der Waals surface area contributed by atoms with Crippen molar-refractivity contribution in [3.05, 3.63) is 35.4 Å². The fraction of sp³-hybridized carbons (Fsp3) is 0.600. The van der Waals surface area contributed by atoms with E-state index in [2.05, 4.69) is 23.1 Å². The maximum atomic E-state index is 11.2. The van der Waals surface area contributed by atoms with Gasteiger partial charge in [-0.05, 0) is 36.9 Å². The molecule has 1 aliphatic rings. The molecule has 4 nitrogen and oxygen atoms in total. The Balaban J connectivity index is 2.02. The van der Waals surface area contributed by atoms with Crippen LogP contribution in [0, 0.1) is 0 Å². The van der Waals surface area contributed by atoms with Gasteiger partial charge < -0.3 is 5.11 Å². The molecule has 1 aromatic carbocycles. The second-order valence-corrected chi connectivity index (χ2v) is 7.76. The predicted molar refractivity (Wildman–Crippen MR) is 80.5 cm³/mol. The minimum absolute atomic E-state index is 0.109. The molecule has 1 atom stereocenters. The second kappa shape index (κ2) is 6.70. The van der Waals surface area contributed by atoms with Gasteiger partial charge in [0, 0.05) is 18.8 Å². The normalized spacial score (nSPS) is 18.4. The SMILES string of the molecule is CS(=O)(=O)CCCN(CCO)C1CCc2ccccc21. The van der Waals surface area contributed by atoms with Crippen molar-refractivity contribution in [2.75, 3.05) is 31.7 Å². The van der Waals surface area contributed by atoms with Gasteiger partial charge in [-0.3, -0.25) is 4.90 Å². The Kier molecular flexibility index (Phi) is 5.18. The Morgan fingerprint density at radius 2 is 2.05 bits per heavy atom. The molecule has 2 rings (SSSR count). The Bertz CT molecular complexity index is 542. The van der Waals surface area contributed by atoms with Crippen LogP contribution in [0.5, 0.6) is 0 Å². The minimum atomic E-state index is -2.91. The highest BCUT2D eigenvalue weighted by Gasteiger charge is 2.27. The maximum Gasteiger partial charge on any atom is 0.147 e. The van der Waals surface area contributed by atoms with E-state index in [0.29, 0.717) is 25.6 Å². The van der Waals surface area contributed by atoms with Crippen LogP contribution in [0.4, 0.5) is 0 Å². The number of benzene rings is 1. The fourth-order valence-electron chi connectivity index (χ4n) is 3.00. The van der Waals surface area contributed by atoms with E-state index in [1.165, 1.54) is 17.4 Å². The van der Waals surface area contributed by atoms with Crippen molar-refractivity contribution in [1.29, 1.82) is 0 Å². The van der Waals surface area contributed by atoms with E-state index in [1.807, 2.05) is 6.07 Å². The number of aliphatic hydroxyl groups excluding tert-OH is 1. The van der Waals surface area contributed by atoms with Gasteiger partial charge in [0.05, 0.1) is 12.4 Å². The van der Waals surface area contributed by atoms with Gasteiger partial charge in [0.25, 0.3) is 0 Å². The molecule has 0 aliphatic heterocycles. The first kappa shape index (κ1) is 15.5. The van der Waals surface area contributed by atoms with Crippen molar-refractivity contribution in [2.24, 2.45) is 0 Å². The summed E-state index contributed by atoms with van der Waals surface area (Å²) in [4.78, 5) is 2.22. The first-order chi connectivity index (χ1) is 9.51. The Morgan fingerprint density at radius 1 is 1.30 bits per heavy atom. The van der Waals surface area contributed by atoms with E-state index in [0.717, 1.165) is 12.8 Å². The summed E-state index contributed by atoms with van der Waals surface area (Å²) in [6.45, 7) is 1.42. The summed E-state index contributed by atoms with van der Waals surface area (Å²) in [6, 6.07) is 8.72. The molecule has 0 radical (unpaired) electrons. The molecule has 1 aliphatic carbocycles. The lowest BCUT2D eigenvalue weighted by Crippen LogP contribution is -2.32. The molecule has 0 amide bonds. The molecule has 0 bridgehead atoms. The summed E-state index contributed by atoms with van der Waals surface area (Å²) in [7, 11) is -2.91. The minimum Gasteiger partial charge on any atom is -0.395 e. The number of rotatable bonds is 7. The molecule has 0 heterocycles. The van der Waals surface area contributed by atoms with Crippen molar-refractivity contribution in [3.63, 3.8) is 0 Å². The molecular weight excluding hydrogens is 274 g/mol. The zero-order valence-electron chi connectivity index (χ0n) is 12.0. The average molecular weight is 297 g/mol. The van der Waals surface area contributed by atoms with Crippen molar-refractivity contribution in [1.82, 2.24) is 4.90 Å². The molecule has 1 aromatic rings. The molecule has 0 spiro atoms. The van der Waals surface area contributed by atoms with Gasteiger partial charge in [0.2, 0.25) is 0 Å². The molecule has 1 unspecified atom stereocenters.